The molecule has 1 heterocycles. The predicted octanol–water partition coefficient (Wildman–Crippen LogP) is 4.11. The van der Waals surface area contributed by atoms with E-state index in [-0.39, 0.29) is 6.04 Å². The summed E-state index contributed by atoms with van der Waals surface area (Å²) in [5.41, 5.74) is 8.58. The van der Waals surface area contributed by atoms with Gasteiger partial charge in [0.15, 0.2) is 0 Å². The number of nitrogens with zero attached hydrogens (tertiary/aromatic N) is 1. The zero-order valence-electron chi connectivity index (χ0n) is 11.6. The number of rotatable bonds is 5. The molecule has 2 rings (SSSR count). The molecule has 0 bridgehead atoms. The molecule has 2 nitrogen and oxygen atoms in total. The van der Waals surface area contributed by atoms with Gasteiger partial charge >= 0.3 is 0 Å². The van der Waals surface area contributed by atoms with Crippen molar-refractivity contribution in [3.05, 3.63) is 45.4 Å². The second-order valence-corrected chi connectivity index (χ2v) is 7.19. The Morgan fingerprint density at radius 1 is 1.26 bits per heavy atom. The lowest BCUT2D eigenvalue weighted by Gasteiger charge is -2.10. The van der Waals surface area contributed by atoms with Crippen molar-refractivity contribution in [1.29, 1.82) is 0 Å². The van der Waals surface area contributed by atoms with Crippen LogP contribution in [0.15, 0.2) is 29.2 Å². The van der Waals surface area contributed by atoms with Crippen molar-refractivity contribution >= 4 is 23.1 Å². The predicted molar refractivity (Wildman–Crippen MR) is 85.1 cm³/mol. The summed E-state index contributed by atoms with van der Waals surface area (Å²) in [5, 5.41) is 1.13. The second kappa shape index (κ2) is 6.55. The Labute approximate surface area is 123 Å². The van der Waals surface area contributed by atoms with E-state index >= 15 is 0 Å². The molecule has 1 unspecified atom stereocenters. The van der Waals surface area contributed by atoms with Crippen LogP contribution in [0.1, 0.15) is 34.1 Å². The fraction of sp³-hybridized carbons (Fsp3) is 0.400. The Kier molecular flexibility index (Phi) is 5.02. The first-order valence-electron chi connectivity index (χ1n) is 6.51. The third-order valence-corrected chi connectivity index (χ3v) is 5.08. The molecule has 0 aliphatic heterocycles. The molecule has 4 heteroatoms. The van der Waals surface area contributed by atoms with E-state index in [2.05, 4.69) is 50.0 Å². The lowest BCUT2D eigenvalue weighted by molar-refractivity contribution is 0.716. The van der Waals surface area contributed by atoms with Crippen molar-refractivity contribution in [2.75, 3.05) is 5.75 Å². The van der Waals surface area contributed by atoms with Crippen molar-refractivity contribution in [3.63, 3.8) is 0 Å². The van der Waals surface area contributed by atoms with Crippen LogP contribution in [-0.4, -0.2) is 10.7 Å². The third-order valence-electron chi connectivity index (χ3n) is 3.09. The average Bonchev–Trinajstić information content (AvgIpc) is 2.69. The van der Waals surface area contributed by atoms with Crippen LogP contribution < -0.4 is 5.73 Å². The first-order valence-corrected chi connectivity index (χ1v) is 8.31. The number of nitrogens with two attached hydrogens (primary N) is 1. The van der Waals surface area contributed by atoms with E-state index in [9.17, 15) is 0 Å². The Morgan fingerprint density at radius 3 is 2.47 bits per heavy atom. The Bertz CT molecular complexity index is 512. The monoisotopic (exact) mass is 292 g/mol. The zero-order valence-corrected chi connectivity index (χ0v) is 13.3. The van der Waals surface area contributed by atoms with Crippen LogP contribution in [0.4, 0.5) is 0 Å². The number of hydrogen-bond acceptors (Lipinski definition) is 4. The Hall–Kier alpha value is -0.840. The zero-order chi connectivity index (χ0) is 13.8. The van der Waals surface area contributed by atoms with Crippen LogP contribution in [0.2, 0.25) is 0 Å². The molecule has 1 aromatic heterocycles. The third kappa shape index (κ3) is 3.81. The molecule has 1 atom stereocenters. The minimum atomic E-state index is 0.0330. The van der Waals surface area contributed by atoms with Gasteiger partial charge in [-0.3, -0.25) is 0 Å². The van der Waals surface area contributed by atoms with Crippen molar-refractivity contribution in [1.82, 2.24) is 4.98 Å². The highest BCUT2D eigenvalue weighted by atomic mass is 32.2. The smallest absolute Gasteiger partial charge is 0.0949 e. The van der Waals surface area contributed by atoms with Gasteiger partial charge in [0, 0.05) is 22.2 Å². The van der Waals surface area contributed by atoms with Gasteiger partial charge in [-0.2, -0.15) is 0 Å². The summed E-state index contributed by atoms with van der Waals surface area (Å²) in [6.45, 7) is 6.33. The van der Waals surface area contributed by atoms with E-state index < -0.39 is 0 Å². The fourth-order valence-corrected chi connectivity index (χ4v) is 3.56. The number of aromatic nitrogens is 1. The minimum absolute atomic E-state index is 0.0330. The van der Waals surface area contributed by atoms with E-state index in [1.54, 1.807) is 11.3 Å². The quantitative estimate of drug-likeness (QED) is 0.843. The number of thiazole rings is 1. The molecule has 0 aliphatic carbocycles. The maximum atomic E-state index is 6.27. The van der Waals surface area contributed by atoms with E-state index in [1.165, 1.54) is 15.3 Å². The standard InChI is InChI=1S/C15H20N2S2/c1-4-18-13-7-5-12(6-8-13)14(16)9-15-17-10(2)11(3)19-15/h5-8,14H,4,9,16H2,1-3H3. The summed E-state index contributed by atoms with van der Waals surface area (Å²) in [7, 11) is 0. The molecular weight excluding hydrogens is 272 g/mol. The summed E-state index contributed by atoms with van der Waals surface area (Å²) in [6, 6.07) is 8.61. The van der Waals surface area contributed by atoms with Gasteiger partial charge in [-0.25, -0.2) is 4.98 Å². The molecule has 0 saturated heterocycles. The molecule has 102 valence electrons. The maximum Gasteiger partial charge on any atom is 0.0949 e. The van der Waals surface area contributed by atoms with Crippen molar-refractivity contribution in [3.8, 4) is 0 Å². The van der Waals surface area contributed by atoms with Gasteiger partial charge in [-0.15, -0.1) is 23.1 Å². The van der Waals surface area contributed by atoms with Gasteiger partial charge in [-0.05, 0) is 37.3 Å². The molecule has 0 saturated carbocycles. The summed E-state index contributed by atoms with van der Waals surface area (Å²) in [5.74, 6) is 1.10. The number of benzene rings is 1. The average molecular weight is 292 g/mol. The van der Waals surface area contributed by atoms with Gasteiger partial charge in [0.25, 0.3) is 0 Å². The summed E-state index contributed by atoms with van der Waals surface area (Å²) in [6.07, 6.45) is 0.819. The molecule has 0 spiro atoms. The van der Waals surface area contributed by atoms with Gasteiger partial charge in [0.1, 0.15) is 0 Å². The van der Waals surface area contributed by atoms with Crippen molar-refractivity contribution < 1.29 is 0 Å². The van der Waals surface area contributed by atoms with Gasteiger partial charge in [0.2, 0.25) is 0 Å². The summed E-state index contributed by atoms with van der Waals surface area (Å²) >= 11 is 3.61. The maximum absolute atomic E-state index is 6.27. The van der Waals surface area contributed by atoms with Crippen LogP contribution in [0, 0.1) is 13.8 Å². The van der Waals surface area contributed by atoms with E-state index in [1.807, 2.05) is 11.8 Å². The number of hydrogen-bond donors (Lipinski definition) is 1. The molecule has 0 radical (unpaired) electrons. The number of thioether (sulfide) groups is 1. The van der Waals surface area contributed by atoms with Gasteiger partial charge in [-0.1, -0.05) is 19.1 Å². The summed E-state index contributed by atoms with van der Waals surface area (Å²) in [4.78, 5) is 7.15. The molecule has 0 fully saturated rings. The van der Waals surface area contributed by atoms with Crippen LogP contribution in [-0.2, 0) is 6.42 Å². The van der Waals surface area contributed by atoms with Gasteiger partial charge < -0.3 is 5.73 Å². The fourth-order valence-electron chi connectivity index (χ4n) is 1.91. The highest BCUT2D eigenvalue weighted by Gasteiger charge is 2.11. The van der Waals surface area contributed by atoms with E-state index in [0.29, 0.717) is 0 Å². The van der Waals surface area contributed by atoms with Crippen molar-refractivity contribution in [2.24, 2.45) is 5.73 Å². The van der Waals surface area contributed by atoms with Crippen LogP contribution in [0.25, 0.3) is 0 Å². The molecule has 0 amide bonds. The lowest BCUT2D eigenvalue weighted by Crippen LogP contribution is -2.13. The Balaban J connectivity index is 2.04. The summed E-state index contributed by atoms with van der Waals surface area (Å²) < 4.78 is 0. The van der Waals surface area contributed by atoms with E-state index in [0.717, 1.165) is 22.9 Å². The van der Waals surface area contributed by atoms with Crippen LogP contribution in [0.5, 0.6) is 0 Å². The van der Waals surface area contributed by atoms with Crippen LogP contribution in [0.3, 0.4) is 0 Å². The molecule has 0 aliphatic rings. The molecular formula is C15H20N2S2. The normalized spacial score (nSPS) is 12.6. The Morgan fingerprint density at radius 2 is 1.95 bits per heavy atom. The largest absolute Gasteiger partial charge is 0.324 e. The number of aryl methyl sites for hydroxylation is 2. The molecule has 1 aromatic carbocycles. The molecule has 2 N–H and O–H groups in total. The lowest BCUT2D eigenvalue weighted by atomic mass is 10.1. The highest BCUT2D eigenvalue weighted by molar-refractivity contribution is 7.99. The van der Waals surface area contributed by atoms with Crippen LogP contribution >= 0.6 is 23.1 Å². The minimum Gasteiger partial charge on any atom is -0.324 e. The molecule has 2 aromatic rings. The first kappa shape index (κ1) is 14.6. The molecule has 19 heavy (non-hydrogen) atoms. The first-order chi connectivity index (χ1) is 9.10. The van der Waals surface area contributed by atoms with Crippen molar-refractivity contribution in [2.45, 2.75) is 38.1 Å². The second-order valence-electron chi connectivity index (χ2n) is 4.56. The van der Waals surface area contributed by atoms with E-state index in [4.69, 9.17) is 5.73 Å². The topological polar surface area (TPSA) is 38.9 Å². The van der Waals surface area contributed by atoms with Gasteiger partial charge in [0.05, 0.1) is 10.7 Å². The highest BCUT2D eigenvalue weighted by Crippen LogP contribution is 2.24. The SMILES string of the molecule is CCSc1ccc(C(N)Cc2nc(C)c(C)s2)cc1.